The third kappa shape index (κ3) is 2.75. The Hall–Kier alpha value is -1.28. The number of aryl methyl sites for hydroxylation is 1. The minimum atomic E-state index is 0.582. The molecule has 1 N–H and O–H groups in total. The zero-order chi connectivity index (χ0) is 13.0. The van der Waals surface area contributed by atoms with Crippen LogP contribution in [0, 0.1) is 0 Å². The Morgan fingerprint density at radius 2 is 2.00 bits per heavy atom. The normalized spacial score (nSPS) is 13.1. The van der Waals surface area contributed by atoms with Crippen LogP contribution in [-0.4, -0.2) is 10.6 Å². The second-order valence-corrected chi connectivity index (χ2v) is 5.06. The van der Waals surface area contributed by atoms with Crippen molar-refractivity contribution in [3.8, 4) is 0 Å². The third-order valence-electron chi connectivity index (χ3n) is 3.59. The number of rotatable bonds is 6. The summed E-state index contributed by atoms with van der Waals surface area (Å²) in [5.41, 5.74) is 2.78. The van der Waals surface area contributed by atoms with Crippen LogP contribution < -0.4 is 5.32 Å². The molecular weight excluding hydrogens is 220 g/mol. The molecular formula is C16H24N2. The SMILES string of the molecule is CCCn1cc(CN[C@H](C)CC)c2ccccc21. The van der Waals surface area contributed by atoms with Crippen LogP contribution in [0.5, 0.6) is 0 Å². The van der Waals surface area contributed by atoms with Crippen molar-refractivity contribution in [1.29, 1.82) is 0 Å². The predicted octanol–water partition coefficient (Wildman–Crippen LogP) is 3.94. The number of hydrogen-bond acceptors (Lipinski definition) is 1. The Morgan fingerprint density at radius 1 is 1.22 bits per heavy atom. The molecule has 18 heavy (non-hydrogen) atoms. The molecule has 1 heterocycles. The van der Waals surface area contributed by atoms with Crippen molar-refractivity contribution in [2.75, 3.05) is 0 Å². The standard InChI is InChI=1S/C16H24N2/c1-4-10-18-12-14(11-17-13(3)5-2)15-8-6-7-9-16(15)18/h6-9,12-13,17H,4-5,10-11H2,1-3H3/t13-/m1/s1. The molecule has 2 nitrogen and oxygen atoms in total. The largest absolute Gasteiger partial charge is 0.347 e. The molecule has 1 aromatic carbocycles. The highest BCUT2D eigenvalue weighted by atomic mass is 15.0. The lowest BCUT2D eigenvalue weighted by Gasteiger charge is -2.10. The van der Waals surface area contributed by atoms with Crippen molar-refractivity contribution < 1.29 is 0 Å². The van der Waals surface area contributed by atoms with E-state index in [4.69, 9.17) is 0 Å². The number of nitrogens with one attached hydrogen (secondary N) is 1. The molecule has 2 rings (SSSR count). The molecule has 0 aliphatic rings. The third-order valence-corrected chi connectivity index (χ3v) is 3.59. The van der Waals surface area contributed by atoms with Gasteiger partial charge in [-0.2, -0.15) is 0 Å². The van der Waals surface area contributed by atoms with Crippen molar-refractivity contribution in [2.24, 2.45) is 0 Å². The van der Waals surface area contributed by atoms with E-state index >= 15 is 0 Å². The smallest absolute Gasteiger partial charge is 0.0483 e. The van der Waals surface area contributed by atoms with Crippen LogP contribution in [0.15, 0.2) is 30.5 Å². The molecule has 0 saturated carbocycles. The van der Waals surface area contributed by atoms with Crippen molar-refractivity contribution in [3.05, 3.63) is 36.0 Å². The quantitative estimate of drug-likeness (QED) is 0.814. The van der Waals surface area contributed by atoms with Crippen molar-refractivity contribution in [1.82, 2.24) is 9.88 Å². The first-order chi connectivity index (χ1) is 8.76. The maximum Gasteiger partial charge on any atom is 0.0483 e. The van der Waals surface area contributed by atoms with Gasteiger partial charge >= 0.3 is 0 Å². The van der Waals surface area contributed by atoms with Crippen LogP contribution >= 0.6 is 0 Å². The lowest BCUT2D eigenvalue weighted by atomic mass is 10.1. The first kappa shape index (κ1) is 13.2. The molecule has 0 radical (unpaired) electrons. The number of fused-ring (bicyclic) bond motifs is 1. The molecule has 0 bridgehead atoms. The van der Waals surface area contributed by atoms with Gasteiger partial charge in [0.25, 0.3) is 0 Å². The van der Waals surface area contributed by atoms with Crippen LogP contribution in [0.3, 0.4) is 0 Å². The van der Waals surface area contributed by atoms with Crippen LogP contribution in [0.4, 0.5) is 0 Å². The Morgan fingerprint density at radius 3 is 2.72 bits per heavy atom. The van der Waals surface area contributed by atoms with Gasteiger partial charge in [-0.05, 0) is 31.4 Å². The molecule has 2 heteroatoms. The fraction of sp³-hybridized carbons (Fsp3) is 0.500. The van der Waals surface area contributed by atoms with E-state index in [1.54, 1.807) is 0 Å². The van der Waals surface area contributed by atoms with Gasteiger partial charge in [-0.3, -0.25) is 0 Å². The van der Waals surface area contributed by atoms with Gasteiger partial charge in [0.2, 0.25) is 0 Å². The number of hydrogen-bond donors (Lipinski definition) is 1. The minimum Gasteiger partial charge on any atom is -0.347 e. The summed E-state index contributed by atoms with van der Waals surface area (Å²) in [5.74, 6) is 0. The summed E-state index contributed by atoms with van der Waals surface area (Å²) in [4.78, 5) is 0. The first-order valence-corrected chi connectivity index (χ1v) is 7.06. The number of nitrogens with zero attached hydrogens (tertiary/aromatic N) is 1. The summed E-state index contributed by atoms with van der Waals surface area (Å²) >= 11 is 0. The second-order valence-electron chi connectivity index (χ2n) is 5.06. The molecule has 1 atom stereocenters. The van der Waals surface area contributed by atoms with Gasteiger partial charge in [0, 0.05) is 36.2 Å². The Labute approximate surface area is 110 Å². The van der Waals surface area contributed by atoms with E-state index in [-0.39, 0.29) is 0 Å². The van der Waals surface area contributed by atoms with E-state index in [0.29, 0.717) is 6.04 Å². The van der Waals surface area contributed by atoms with E-state index in [1.807, 2.05) is 0 Å². The first-order valence-electron chi connectivity index (χ1n) is 7.06. The number of aromatic nitrogens is 1. The van der Waals surface area contributed by atoms with Crippen LogP contribution in [0.25, 0.3) is 10.9 Å². The number of para-hydroxylation sites is 1. The lowest BCUT2D eigenvalue weighted by Crippen LogP contribution is -2.24. The molecule has 2 aromatic rings. The molecule has 98 valence electrons. The molecule has 0 fully saturated rings. The second kappa shape index (κ2) is 6.05. The number of benzene rings is 1. The van der Waals surface area contributed by atoms with Crippen LogP contribution in [0.1, 0.15) is 39.2 Å². The summed E-state index contributed by atoms with van der Waals surface area (Å²) in [7, 11) is 0. The zero-order valence-corrected chi connectivity index (χ0v) is 11.7. The molecule has 0 unspecified atom stereocenters. The fourth-order valence-electron chi connectivity index (χ4n) is 2.32. The van der Waals surface area contributed by atoms with E-state index in [1.165, 1.54) is 29.3 Å². The average molecular weight is 244 g/mol. The van der Waals surface area contributed by atoms with Gasteiger partial charge in [0.1, 0.15) is 0 Å². The van der Waals surface area contributed by atoms with Crippen LogP contribution in [-0.2, 0) is 13.1 Å². The Balaban J connectivity index is 2.26. The van der Waals surface area contributed by atoms with E-state index in [9.17, 15) is 0 Å². The Bertz CT molecular complexity index is 499. The minimum absolute atomic E-state index is 0.582. The predicted molar refractivity (Wildman–Crippen MR) is 78.8 cm³/mol. The summed E-state index contributed by atoms with van der Waals surface area (Å²) in [6.07, 6.45) is 4.66. The van der Waals surface area contributed by atoms with Gasteiger partial charge in [-0.15, -0.1) is 0 Å². The molecule has 1 aromatic heterocycles. The maximum absolute atomic E-state index is 3.58. The fourth-order valence-corrected chi connectivity index (χ4v) is 2.32. The van der Waals surface area contributed by atoms with Crippen molar-refractivity contribution >= 4 is 10.9 Å². The molecule has 0 aliphatic carbocycles. The summed E-state index contributed by atoms with van der Waals surface area (Å²) < 4.78 is 2.38. The molecule has 0 aliphatic heterocycles. The summed E-state index contributed by atoms with van der Waals surface area (Å²) in [6.45, 7) is 8.76. The van der Waals surface area contributed by atoms with Crippen molar-refractivity contribution in [3.63, 3.8) is 0 Å². The zero-order valence-electron chi connectivity index (χ0n) is 11.7. The highest BCUT2D eigenvalue weighted by molar-refractivity contribution is 5.83. The van der Waals surface area contributed by atoms with E-state index in [0.717, 1.165) is 13.1 Å². The topological polar surface area (TPSA) is 17.0 Å². The van der Waals surface area contributed by atoms with Crippen LogP contribution in [0.2, 0.25) is 0 Å². The van der Waals surface area contributed by atoms with Gasteiger partial charge < -0.3 is 9.88 Å². The lowest BCUT2D eigenvalue weighted by molar-refractivity contribution is 0.534. The van der Waals surface area contributed by atoms with Gasteiger partial charge in [0.15, 0.2) is 0 Å². The highest BCUT2D eigenvalue weighted by Crippen LogP contribution is 2.21. The summed E-state index contributed by atoms with van der Waals surface area (Å²) in [6, 6.07) is 9.29. The van der Waals surface area contributed by atoms with Crippen molar-refractivity contribution in [2.45, 2.75) is 52.7 Å². The molecule has 0 amide bonds. The monoisotopic (exact) mass is 244 g/mol. The van der Waals surface area contributed by atoms with E-state index in [2.05, 4.69) is 61.1 Å². The average Bonchev–Trinajstić information content (AvgIpc) is 2.75. The van der Waals surface area contributed by atoms with Gasteiger partial charge in [-0.1, -0.05) is 32.0 Å². The van der Waals surface area contributed by atoms with Gasteiger partial charge in [0.05, 0.1) is 0 Å². The van der Waals surface area contributed by atoms with E-state index < -0.39 is 0 Å². The molecule has 0 saturated heterocycles. The Kier molecular flexibility index (Phi) is 4.43. The van der Waals surface area contributed by atoms with Gasteiger partial charge in [-0.25, -0.2) is 0 Å². The highest BCUT2D eigenvalue weighted by Gasteiger charge is 2.08. The summed E-state index contributed by atoms with van der Waals surface area (Å²) in [5, 5.41) is 4.97. The molecule has 0 spiro atoms. The maximum atomic E-state index is 3.58.